The van der Waals surface area contributed by atoms with Crippen molar-refractivity contribution >= 4 is 0 Å². The van der Waals surface area contributed by atoms with E-state index in [0.717, 1.165) is 38.1 Å². The third-order valence-corrected chi connectivity index (χ3v) is 3.23. The molecule has 0 saturated carbocycles. The van der Waals surface area contributed by atoms with Crippen LogP contribution in [0.5, 0.6) is 0 Å². The van der Waals surface area contributed by atoms with Gasteiger partial charge in [0, 0.05) is 18.5 Å². The summed E-state index contributed by atoms with van der Waals surface area (Å²) in [5, 5.41) is 3.61. The fourth-order valence-electron chi connectivity index (χ4n) is 2.27. The number of nitrogens with one attached hydrogen (secondary N) is 1. The molecule has 0 aliphatic rings. The largest absolute Gasteiger partial charge is 0.377 e. The standard InChI is InChI=1S/C16H28N2O/c1-5-8-15(19-7-3)16(17-11-6-2)14-10-9-13(4)18-12-14/h9-10,12,15-17H,5-8,11H2,1-4H3. The van der Waals surface area contributed by atoms with Gasteiger partial charge < -0.3 is 10.1 Å². The van der Waals surface area contributed by atoms with Crippen molar-refractivity contribution in [3.63, 3.8) is 0 Å². The van der Waals surface area contributed by atoms with Crippen molar-refractivity contribution in [2.24, 2.45) is 0 Å². The van der Waals surface area contributed by atoms with Gasteiger partial charge in [0.05, 0.1) is 12.1 Å². The minimum Gasteiger partial charge on any atom is -0.377 e. The summed E-state index contributed by atoms with van der Waals surface area (Å²) in [6, 6.07) is 4.48. The molecule has 0 aromatic carbocycles. The maximum Gasteiger partial charge on any atom is 0.0770 e. The van der Waals surface area contributed by atoms with Crippen LogP contribution >= 0.6 is 0 Å². The summed E-state index contributed by atoms with van der Waals surface area (Å²) in [5.41, 5.74) is 2.28. The molecule has 1 aromatic heterocycles. The van der Waals surface area contributed by atoms with Gasteiger partial charge in [-0.3, -0.25) is 4.98 Å². The van der Waals surface area contributed by atoms with Gasteiger partial charge in [0.25, 0.3) is 0 Å². The molecule has 2 atom stereocenters. The van der Waals surface area contributed by atoms with Crippen LogP contribution in [-0.4, -0.2) is 24.2 Å². The van der Waals surface area contributed by atoms with E-state index in [-0.39, 0.29) is 12.1 Å². The lowest BCUT2D eigenvalue weighted by Crippen LogP contribution is -2.34. The molecule has 0 radical (unpaired) electrons. The molecule has 0 saturated heterocycles. The van der Waals surface area contributed by atoms with Gasteiger partial charge >= 0.3 is 0 Å². The number of pyridine rings is 1. The van der Waals surface area contributed by atoms with E-state index in [0.29, 0.717) is 0 Å². The normalized spacial score (nSPS) is 14.3. The minimum atomic E-state index is 0.228. The summed E-state index contributed by atoms with van der Waals surface area (Å²) < 4.78 is 5.94. The summed E-state index contributed by atoms with van der Waals surface area (Å²) in [7, 11) is 0. The average Bonchev–Trinajstić information content (AvgIpc) is 2.41. The highest BCUT2D eigenvalue weighted by Gasteiger charge is 2.22. The number of ether oxygens (including phenoxy) is 1. The van der Waals surface area contributed by atoms with E-state index in [1.54, 1.807) is 0 Å². The van der Waals surface area contributed by atoms with Gasteiger partial charge in [-0.2, -0.15) is 0 Å². The smallest absolute Gasteiger partial charge is 0.0770 e. The van der Waals surface area contributed by atoms with Crippen LogP contribution in [0.15, 0.2) is 18.3 Å². The SMILES string of the molecule is CCCNC(c1ccc(C)nc1)C(CCC)OCC. The highest BCUT2D eigenvalue weighted by Crippen LogP contribution is 2.22. The Bertz CT molecular complexity index is 331. The Morgan fingerprint density at radius 3 is 2.53 bits per heavy atom. The highest BCUT2D eigenvalue weighted by atomic mass is 16.5. The molecule has 0 bridgehead atoms. The molecule has 0 spiro atoms. The Labute approximate surface area is 117 Å². The number of nitrogens with zero attached hydrogens (tertiary/aromatic N) is 1. The predicted octanol–water partition coefficient (Wildman–Crippen LogP) is 3.64. The molecule has 2 unspecified atom stereocenters. The van der Waals surface area contributed by atoms with Gasteiger partial charge in [-0.15, -0.1) is 0 Å². The number of aryl methyl sites for hydroxylation is 1. The monoisotopic (exact) mass is 264 g/mol. The van der Waals surface area contributed by atoms with E-state index in [4.69, 9.17) is 4.74 Å². The molecule has 1 aromatic rings. The van der Waals surface area contributed by atoms with Gasteiger partial charge in [0.2, 0.25) is 0 Å². The molecule has 1 rings (SSSR count). The molecular formula is C16H28N2O. The quantitative estimate of drug-likeness (QED) is 0.739. The Kier molecular flexibility index (Phi) is 7.68. The first-order chi connectivity index (χ1) is 9.22. The van der Waals surface area contributed by atoms with Gasteiger partial charge in [-0.1, -0.05) is 26.3 Å². The first-order valence-corrected chi connectivity index (χ1v) is 7.50. The molecule has 0 amide bonds. The molecule has 1 heterocycles. The fourth-order valence-corrected chi connectivity index (χ4v) is 2.27. The van der Waals surface area contributed by atoms with Crippen LogP contribution in [0.25, 0.3) is 0 Å². The molecule has 1 N–H and O–H groups in total. The van der Waals surface area contributed by atoms with Crippen LogP contribution < -0.4 is 5.32 Å². The average molecular weight is 264 g/mol. The number of hydrogen-bond acceptors (Lipinski definition) is 3. The predicted molar refractivity (Wildman–Crippen MR) is 80.3 cm³/mol. The molecular weight excluding hydrogens is 236 g/mol. The van der Waals surface area contributed by atoms with Crippen LogP contribution in [0, 0.1) is 6.92 Å². The molecule has 0 aliphatic carbocycles. The summed E-state index contributed by atoms with van der Waals surface area (Å²) >= 11 is 0. The van der Waals surface area contributed by atoms with Crippen LogP contribution in [-0.2, 0) is 4.74 Å². The third-order valence-electron chi connectivity index (χ3n) is 3.23. The maximum absolute atomic E-state index is 5.94. The Balaban J connectivity index is 2.86. The van der Waals surface area contributed by atoms with Crippen molar-refractivity contribution in [2.75, 3.05) is 13.2 Å². The Morgan fingerprint density at radius 2 is 2.00 bits per heavy atom. The van der Waals surface area contributed by atoms with Gasteiger partial charge in [-0.25, -0.2) is 0 Å². The maximum atomic E-state index is 5.94. The van der Waals surface area contributed by atoms with Gasteiger partial charge in [0.15, 0.2) is 0 Å². The van der Waals surface area contributed by atoms with E-state index in [2.05, 4.69) is 43.2 Å². The molecule has 0 fully saturated rings. The summed E-state index contributed by atoms with van der Waals surface area (Å²) in [5.74, 6) is 0. The molecule has 3 heteroatoms. The zero-order valence-electron chi connectivity index (χ0n) is 12.8. The second kappa shape index (κ2) is 9.05. The fraction of sp³-hybridized carbons (Fsp3) is 0.688. The zero-order valence-corrected chi connectivity index (χ0v) is 12.8. The van der Waals surface area contributed by atoms with E-state index < -0.39 is 0 Å². The van der Waals surface area contributed by atoms with Crippen molar-refractivity contribution in [3.05, 3.63) is 29.6 Å². The van der Waals surface area contributed by atoms with Crippen molar-refractivity contribution in [1.29, 1.82) is 0 Å². The van der Waals surface area contributed by atoms with Crippen LogP contribution in [0.1, 0.15) is 57.3 Å². The second-order valence-corrected chi connectivity index (χ2v) is 4.95. The van der Waals surface area contributed by atoms with Gasteiger partial charge in [-0.05, 0) is 44.9 Å². The zero-order chi connectivity index (χ0) is 14.1. The van der Waals surface area contributed by atoms with Gasteiger partial charge in [0.1, 0.15) is 0 Å². The van der Waals surface area contributed by atoms with Crippen molar-refractivity contribution in [3.8, 4) is 0 Å². The van der Waals surface area contributed by atoms with Crippen molar-refractivity contribution in [2.45, 2.75) is 59.1 Å². The highest BCUT2D eigenvalue weighted by molar-refractivity contribution is 5.18. The summed E-state index contributed by atoms with van der Waals surface area (Å²) in [6.07, 6.45) is 5.54. The third kappa shape index (κ3) is 5.29. The topological polar surface area (TPSA) is 34.2 Å². The van der Waals surface area contributed by atoms with Crippen LogP contribution in [0.3, 0.4) is 0 Å². The molecule has 0 aliphatic heterocycles. The first kappa shape index (κ1) is 16.1. The minimum absolute atomic E-state index is 0.228. The number of hydrogen-bond donors (Lipinski definition) is 1. The lowest BCUT2D eigenvalue weighted by Gasteiger charge is -2.28. The van der Waals surface area contributed by atoms with Crippen molar-refractivity contribution < 1.29 is 4.74 Å². The second-order valence-electron chi connectivity index (χ2n) is 4.95. The molecule has 108 valence electrons. The Morgan fingerprint density at radius 1 is 1.21 bits per heavy atom. The summed E-state index contributed by atoms with van der Waals surface area (Å²) in [4.78, 5) is 4.42. The lowest BCUT2D eigenvalue weighted by molar-refractivity contribution is 0.0275. The van der Waals surface area contributed by atoms with Crippen LogP contribution in [0.4, 0.5) is 0 Å². The van der Waals surface area contributed by atoms with E-state index in [1.807, 2.05) is 13.1 Å². The van der Waals surface area contributed by atoms with E-state index >= 15 is 0 Å². The van der Waals surface area contributed by atoms with Crippen LogP contribution in [0.2, 0.25) is 0 Å². The van der Waals surface area contributed by atoms with E-state index in [1.165, 1.54) is 5.56 Å². The first-order valence-electron chi connectivity index (χ1n) is 7.50. The number of aromatic nitrogens is 1. The summed E-state index contributed by atoms with van der Waals surface area (Å²) in [6.45, 7) is 10.2. The van der Waals surface area contributed by atoms with E-state index in [9.17, 15) is 0 Å². The lowest BCUT2D eigenvalue weighted by atomic mass is 9.99. The Hall–Kier alpha value is -0.930. The molecule has 3 nitrogen and oxygen atoms in total. The number of rotatable bonds is 9. The van der Waals surface area contributed by atoms with Crippen molar-refractivity contribution in [1.82, 2.24) is 10.3 Å². The molecule has 19 heavy (non-hydrogen) atoms.